The quantitative estimate of drug-likeness (QED) is 0.757. The predicted molar refractivity (Wildman–Crippen MR) is 77.5 cm³/mol. The average Bonchev–Trinajstić information content (AvgIpc) is 2.84. The fourth-order valence-corrected chi connectivity index (χ4v) is 3.27. The van der Waals surface area contributed by atoms with Gasteiger partial charge in [-0.3, -0.25) is 0 Å². The summed E-state index contributed by atoms with van der Waals surface area (Å²) in [4.78, 5) is 0. The van der Waals surface area contributed by atoms with E-state index in [1.165, 1.54) is 31.7 Å². The topological polar surface area (TPSA) is 12.0 Å². The van der Waals surface area contributed by atoms with E-state index < -0.39 is 0 Å². The third-order valence-corrected chi connectivity index (χ3v) is 5.00. The van der Waals surface area contributed by atoms with Gasteiger partial charge in [0.25, 0.3) is 0 Å². The van der Waals surface area contributed by atoms with Crippen LogP contribution in [0.15, 0.2) is 16.6 Å². The Morgan fingerprint density at radius 3 is 2.72 bits per heavy atom. The maximum absolute atomic E-state index is 14.0. The van der Waals surface area contributed by atoms with Crippen LogP contribution in [0.2, 0.25) is 5.02 Å². The SMILES string of the molecule is CNC(CC1CCCC1)c1cc(Cl)c(Br)cc1F. The van der Waals surface area contributed by atoms with Crippen molar-refractivity contribution in [3.8, 4) is 0 Å². The molecule has 0 aliphatic heterocycles. The van der Waals surface area contributed by atoms with Gasteiger partial charge in [-0.15, -0.1) is 0 Å². The van der Waals surface area contributed by atoms with Gasteiger partial charge < -0.3 is 5.32 Å². The van der Waals surface area contributed by atoms with Crippen molar-refractivity contribution >= 4 is 27.5 Å². The summed E-state index contributed by atoms with van der Waals surface area (Å²) in [5.74, 6) is 0.521. The van der Waals surface area contributed by atoms with Crippen LogP contribution < -0.4 is 5.32 Å². The fraction of sp³-hybridized carbons (Fsp3) is 0.571. The molecular weight excluding hydrogens is 317 g/mol. The first-order valence-electron chi connectivity index (χ1n) is 6.43. The Hall–Kier alpha value is -0.120. The summed E-state index contributed by atoms with van der Waals surface area (Å²) in [5, 5.41) is 3.79. The van der Waals surface area contributed by atoms with Gasteiger partial charge in [0.05, 0.1) is 5.02 Å². The van der Waals surface area contributed by atoms with Gasteiger partial charge >= 0.3 is 0 Å². The minimum absolute atomic E-state index is 0.0544. The third kappa shape index (κ3) is 3.25. The molecule has 18 heavy (non-hydrogen) atoms. The molecule has 1 N–H and O–H groups in total. The third-order valence-electron chi connectivity index (χ3n) is 3.81. The van der Waals surface area contributed by atoms with Crippen molar-refractivity contribution < 1.29 is 4.39 Å². The van der Waals surface area contributed by atoms with Crippen LogP contribution in [0.3, 0.4) is 0 Å². The molecule has 1 fully saturated rings. The van der Waals surface area contributed by atoms with Crippen molar-refractivity contribution in [2.45, 2.75) is 38.1 Å². The molecule has 1 aliphatic carbocycles. The van der Waals surface area contributed by atoms with E-state index in [9.17, 15) is 4.39 Å². The fourth-order valence-electron chi connectivity index (χ4n) is 2.78. The van der Waals surface area contributed by atoms with Gasteiger partial charge in [0.2, 0.25) is 0 Å². The second kappa shape index (κ2) is 6.36. The molecule has 4 heteroatoms. The Morgan fingerprint density at radius 1 is 1.44 bits per heavy atom. The van der Waals surface area contributed by atoms with Crippen LogP contribution in [0.5, 0.6) is 0 Å². The standard InChI is InChI=1S/C14H18BrClFN/c1-18-14(6-9-4-2-3-5-9)10-7-12(16)11(15)8-13(10)17/h7-9,14,18H,2-6H2,1H3. The van der Waals surface area contributed by atoms with Gasteiger partial charge in [0, 0.05) is 16.1 Å². The maximum Gasteiger partial charge on any atom is 0.129 e. The first-order chi connectivity index (χ1) is 8.61. The molecule has 100 valence electrons. The lowest BCUT2D eigenvalue weighted by Gasteiger charge is -2.21. The molecular formula is C14H18BrClFN. The molecule has 1 aliphatic rings. The zero-order valence-electron chi connectivity index (χ0n) is 10.5. The first kappa shape index (κ1) is 14.3. The predicted octanol–water partition coefficient (Wildman–Crippen LogP) is 5.08. The lowest BCUT2D eigenvalue weighted by atomic mass is 9.93. The molecule has 2 rings (SSSR count). The average molecular weight is 335 g/mol. The molecule has 0 radical (unpaired) electrons. The van der Waals surface area contributed by atoms with E-state index in [4.69, 9.17) is 11.6 Å². The van der Waals surface area contributed by atoms with Crippen LogP contribution in [-0.4, -0.2) is 7.05 Å². The number of hydrogen-bond donors (Lipinski definition) is 1. The Balaban J connectivity index is 2.18. The summed E-state index contributed by atoms with van der Waals surface area (Å²) in [6, 6.07) is 3.24. The number of hydrogen-bond acceptors (Lipinski definition) is 1. The van der Waals surface area contributed by atoms with Crippen molar-refractivity contribution in [2.24, 2.45) is 5.92 Å². The second-order valence-electron chi connectivity index (χ2n) is 5.02. The van der Waals surface area contributed by atoms with E-state index in [0.717, 1.165) is 6.42 Å². The monoisotopic (exact) mass is 333 g/mol. The normalized spacial score (nSPS) is 18.2. The highest BCUT2D eigenvalue weighted by Gasteiger charge is 2.22. The van der Waals surface area contributed by atoms with E-state index in [1.54, 1.807) is 6.07 Å². The van der Waals surface area contributed by atoms with E-state index in [0.29, 0.717) is 21.0 Å². The number of benzene rings is 1. The summed E-state index contributed by atoms with van der Waals surface area (Å²) in [6.07, 6.45) is 6.15. The summed E-state index contributed by atoms with van der Waals surface area (Å²) >= 11 is 9.31. The lowest BCUT2D eigenvalue weighted by Crippen LogP contribution is -2.20. The van der Waals surface area contributed by atoms with Crippen LogP contribution in [-0.2, 0) is 0 Å². The Kier molecular flexibility index (Phi) is 5.05. The number of rotatable bonds is 4. The molecule has 1 aromatic rings. The molecule has 0 spiro atoms. The molecule has 1 saturated carbocycles. The van der Waals surface area contributed by atoms with Crippen molar-refractivity contribution in [1.82, 2.24) is 5.32 Å². The molecule has 1 nitrogen and oxygen atoms in total. The molecule has 0 saturated heterocycles. The van der Waals surface area contributed by atoms with Crippen molar-refractivity contribution in [2.75, 3.05) is 7.05 Å². The van der Waals surface area contributed by atoms with Crippen molar-refractivity contribution in [3.05, 3.63) is 33.0 Å². The molecule has 1 unspecified atom stereocenters. The van der Waals surface area contributed by atoms with Crippen LogP contribution in [0.25, 0.3) is 0 Å². The summed E-state index contributed by atoms with van der Waals surface area (Å²) in [6.45, 7) is 0. The zero-order chi connectivity index (χ0) is 13.1. The Bertz CT molecular complexity index is 419. The van der Waals surface area contributed by atoms with Gasteiger partial charge in [0.1, 0.15) is 5.82 Å². The van der Waals surface area contributed by atoms with Crippen LogP contribution >= 0.6 is 27.5 Å². The number of nitrogens with one attached hydrogen (secondary N) is 1. The Labute approximate surface area is 121 Å². The largest absolute Gasteiger partial charge is 0.313 e. The number of halogens is 3. The van der Waals surface area contributed by atoms with E-state index in [1.807, 2.05) is 7.05 Å². The Morgan fingerprint density at radius 2 is 2.11 bits per heavy atom. The van der Waals surface area contributed by atoms with Gasteiger partial charge in [-0.05, 0) is 47.4 Å². The zero-order valence-corrected chi connectivity index (χ0v) is 12.8. The highest BCUT2D eigenvalue weighted by molar-refractivity contribution is 9.10. The smallest absolute Gasteiger partial charge is 0.129 e. The van der Waals surface area contributed by atoms with Gasteiger partial charge in [-0.1, -0.05) is 37.3 Å². The van der Waals surface area contributed by atoms with Crippen LogP contribution in [0, 0.1) is 11.7 Å². The minimum Gasteiger partial charge on any atom is -0.313 e. The summed E-state index contributed by atoms with van der Waals surface area (Å²) in [7, 11) is 1.88. The van der Waals surface area contributed by atoms with Gasteiger partial charge in [-0.2, -0.15) is 0 Å². The molecule has 1 aromatic carbocycles. The summed E-state index contributed by atoms with van der Waals surface area (Å²) in [5.41, 5.74) is 0.678. The molecule has 0 aromatic heterocycles. The lowest BCUT2D eigenvalue weighted by molar-refractivity contribution is 0.403. The maximum atomic E-state index is 14.0. The highest BCUT2D eigenvalue weighted by atomic mass is 79.9. The van der Waals surface area contributed by atoms with Crippen LogP contribution in [0.4, 0.5) is 4.39 Å². The highest BCUT2D eigenvalue weighted by Crippen LogP contribution is 2.35. The molecule has 0 amide bonds. The van der Waals surface area contributed by atoms with Crippen molar-refractivity contribution in [3.63, 3.8) is 0 Å². The summed E-state index contributed by atoms with van der Waals surface area (Å²) < 4.78 is 14.6. The van der Waals surface area contributed by atoms with E-state index >= 15 is 0 Å². The van der Waals surface area contributed by atoms with E-state index in [2.05, 4.69) is 21.2 Å². The van der Waals surface area contributed by atoms with Gasteiger partial charge in [0.15, 0.2) is 0 Å². The van der Waals surface area contributed by atoms with Crippen LogP contribution in [0.1, 0.15) is 43.7 Å². The molecule has 1 atom stereocenters. The van der Waals surface area contributed by atoms with E-state index in [-0.39, 0.29) is 11.9 Å². The minimum atomic E-state index is -0.191. The van der Waals surface area contributed by atoms with Crippen molar-refractivity contribution in [1.29, 1.82) is 0 Å². The van der Waals surface area contributed by atoms with Gasteiger partial charge in [-0.25, -0.2) is 4.39 Å². The second-order valence-corrected chi connectivity index (χ2v) is 6.28. The molecule has 0 heterocycles. The molecule has 0 bridgehead atoms. The first-order valence-corrected chi connectivity index (χ1v) is 7.60.